The van der Waals surface area contributed by atoms with E-state index in [1.165, 1.54) is 11.8 Å². The number of benzene rings is 1. The summed E-state index contributed by atoms with van der Waals surface area (Å²) >= 11 is 0. The Labute approximate surface area is 113 Å². The minimum atomic E-state index is -1.18. The first kappa shape index (κ1) is 13.6. The van der Waals surface area contributed by atoms with Crippen molar-refractivity contribution >= 4 is 11.9 Å². The van der Waals surface area contributed by atoms with Crippen LogP contribution in [0.25, 0.3) is 0 Å². The van der Waals surface area contributed by atoms with E-state index >= 15 is 0 Å². The molecule has 0 radical (unpaired) electrons. The quantitative estimate of drug-likeness (QED) is 0.903. The molecule has 1 N–H and O–H groups in total. The van der Waals surface area contributed by atoms with Gasteiger partial charge in [0.1, 0.15) is 0 Å². The van der Waals surface area contributed by atoms with Crippen LogP contribution in [-0.2, 0) is 21.5 Å². The number of hydrogen-bond donors (Lipinski definition) is 1. The number of carbonyl (C=O) groups is 2. The fraction of sp³-hybridized carbons (Fsp3) is 0.467. The molecule has 102 valence electrons. The normalized spacial score (nSPS) is 20.9. The van der Waals surface area contributed by atoms with Gasteiger partial charge >= 0.3 is 5.97 Å². The number of hydrogen-bond acceptors (Lipinski definition) is 2. The predicted octanol–water partition coefficient (Wildman–Crippen LogP) is 2.17. The molecule has 1 amide bonds. The molecule has 0 spiro atoms. The van der Waals surface area contributed by atoms with Gasteiger partial charge in [0.2, 0.25) is 5.91 Å². The summed E-state index contributed by atoms with van der Waals surface area (Å²) < 4.78 is 0. The third-order valence-corrected chi connectivity index (χ3v) is 3.86. The zero-order chi connectivity index (χ0) is 14.0. The van der Waals surface area contributed by atoms with E-state index in [-0.39, 0.29) is 5.91 Å². The lowest BCUT2D eigenvalue weighted by atomic mass is 9.89. The van der Waals surface area contributed by atoms with Crippen molar-refractivity contribution in [2.45, 2.75) is 38.6 Å². The molecule has 0 saturated heterocycles. The third-order valence-electron chi connectivity index (χ3n) is 3.86. The molecule has 1 aromatic rings. The van der Waals surface area contributed by atoms with Gasteiger partial charge in [0, 0.05) is 13.5 Å². The Morgan fingerprint density at radius 2 is 2.05 bits per heavy atom. The summed E-state index contributed by atoms with van der Waals surface area (Å²) in [7, 11) is 0. The smallest absolute Gasteiger partial charge is 0.334 e. The van der Waals surface area contributed by atoms with Crippen molar-refractivity contribution in [1.82, 2.24) is 4.90 Å². The zero-order valence-electron chi connectivity index (χ0n) is 11.3. The molecule has 1 aromatic carbocycles. The average Bonchev–Trinajstić information content (AvgIpc) is 2.76. The summed E-state index contributed by atoms with van der Waals surface area (Å²) in [5.41, 5.74) is 0.622. The lowest BCUT2D eigenvalue weighted by Crippen LogP contribution is -2.53. The number of nitrogens with zero attached hydrogens (tertiary/aromatic N) is 1. The summed E-state index contributed by atoms with van der Waals surface area (Å²) in [6, 6.07) is 7.53. The second-order valence-corrected chi connectivity index (χ2v) is 4.99. The molecule has 0 fully saturated rings. The van der Waals surface area contributed by atoms with Crippen LogP contribution < -0.4 is 0 Å². The van der Waals surface area contributed by atoms with Gasteiger partial charge in [-0.2, -0.15) is 0 Å². The fourth-order valence-electron chi connectivity index (χ4n) is 3.05. The minimum Gasteiger partial charge on any atom is -0.479 e. The van der Waals surface area contributed by atoms with Crippen LogP contribution in [0.1, 0.15) is 37.8 Å². The second-order valence-electron chi connectivity index (χ2n) is 4.99. The topological polar surface area (TPSA) is 57.6 Å². The maximum Gasteiger partial charge on any atom is 0.334 e. The molecule has 1 aliphatic rings. The molecule has 0 heterocycles. The zero-order valence-corrected chi connectivity index (χ0v) is 11.3. The molecular weight excluding hydrogens is 242 g/mol. The van der Waals surface area contributed by atoms with E-state index in [0.717, 1.165) is 17.5 Å². The monoisotopic (exact) mass is 261 g/mol. The van der Waals surface area contributed by atoms with Crippen LogP contribution in [0.2, 0.25) is 0 Å². The SMILES string of the molecule is CCCN(C(C)=O)C1(C(=O)O)CCc2ccccc21. The molecule has 0 aliphatic heterocycles. The highest BCUT2D eigenvalue weighted by atomic mass is 16.4. The molecule has 2 rings (SSSR count). The van der Waals surface area contributed by atoms with E-state index < -0.39 is 11.5 Å². The van der Waals surface area contributed by atoms with Crippen molar-refractivity contribution in [3.63, 3.8) is 0 Å². The number of carboxylic acid groups (broad SMARTS) is 1. The molecule has 0 bridgehead atoms. The Balaban J connectivity index is 2.57. The molecule has 0 saturated carbocycles. The number of carbonyl (C=O) groups excluding carboxylic acids is 1. The van der Waals surface area contributed by atoms with Crippen molar-refractivity contribution in [3.8, 4) is 0 Å². The van der Waals surface area contributed by atoms with E-state index in [2.05, 4.69) is 0 Å². The van der Waals surface area contributed by atoms with Gasteiger partial charge in [0.15, 0.2) is 5.54 Å². The number of amides is 1. The Kier molecular flexibility index (Phi) is 3.60. The largest absolute Gasteiger partial charge is 0.479 e. The van der Waals surface area contributed by atoms with Crippen LogP contribution in [0, 0.1) is 0 Å². The molecule has 1 atom stereocenters. The highest BCUT2D eigenvalue weighted by molar-refractivity contribution is 5.88. The Morgan fingerprint density at radius 1 is 1.37 bits per heavy atom. The first-order chi connectivity index (χ1) is 9.04. The van der Waals surface area contributed by atoms with Gasteiger partial charge in [0.05, 0.1) is 0 Å². The molecule has 1 aliphatic carbocycles. The van der Waals surface area contributed by atoms with Crippen LogP contribution >= 0.6 is 0 Å². The lowest BCUT2D eigenvalue weighted by Gasteiger charge is -2.38. The molecule has 4 heteroatoms. The van der Waals surface area contributed by atoms with E-state index in [1.807, 2.05) is 31.2 Å². The van der Waals surface area contributed by atoms with E-state index in [4.69, 9.17) is 0 Å². The molecule has 4 nitrogen and oxygen atoms in total. The van der Waals surface area contributed by atoms with Gasteiger partial charge in [-0.25, -0.2) is 4.79 Å². The third kappa shape index (κ3) is 2.01. The molecule has 19 heavy (non-hydrogen) atoms. The van der Waals surface area contributed by atoms with Gasteiger partial charge < -0.3 is 10.0 Å². The van der Waals surface area contributed by atoms with Crippen LogP contribution in [-0.4, -0.2) is 28.4 Å². The first-order valence-electron chi connectivity index (χ1n) is 6.64. The summed E-state index contributed by atoms with van der Waals surface area (Å²) in [6.07, 6.45) is 1.91. The van der Waals surface area contributed by atoms with Crippen molar-refractivity contribution in [3.05, 3.63) is 35.4 Å². The number of aryl methyl sites for hydroxylation is 1. The number of rotatable bonds is 4. The molecule has 1 unspecified atom stereocenters. The minimum absolute atomic E-state index is 0.180. The standard InChI is InChI=1S/C15H19NO3/c1-3-10-16(11(2)17)15(14(18)19)9-8-12-6-4-5-7-13(12)15/h4-7H,3,8-10H2,1-2H3,(H,18,19). The van der Waals surface area contributed by atoms with Crippen molar-refractivity contribution in [1.29, 1.82) is 0 Å². The Bertz CT molecular complexity index is 512. The summed E-state index contributed by atoms with van der Waals surface area (Å²) in [5.74, 6) is -1.11. The maximum atomic E-state index is 11.9. The fourth-order valence-corrected chi connectivity index (χ4v) is 3.05. The summed E-state index contributed by atoms with van der Waals surface area (Å²) in [4.78, 5) is 25.3. The lowest BCUT2D eigenvalue weighted by molar-refractivity contribution is -0.159. The van der Waals surface area contributed by atoms with Gasteiger partial charge in [-0.1, -0.05) is 31.2 Å². The van der Waals surface area contributed by atoms with Crippen LogP contribution in [0.3, 0.4) is 0 Å². The predicted molar refractivity (Wildman–Crippen MR) is 71.8 cm³/mol. The van der Waals surface area contributed by atoms with Crippen molar-refractivity contribution in [2.75, 3.05) is 6.54 Å². The van der Waals surface area contributed by atoms with Gasteiger partial charge in [0.25, 0.3) is 0 Å². The van der Waals surface area contributed by atoms with Gasteiger partial charge in [-0.15, -0.1) is 0 Å². The Hall–Kier alpha value is -1.84. The number of fused-ring (bicyclic) bond motifs is 1. The average molecular weight is 261 g/mol. The first-order valence-corrected chi connectivity index (χ1v) is 6.64. The number of aliphatic carboxylic acids is 1. The van der Waals surface area contributed by atoms with Gasteiger partial charge in [-0.05, 0) is 30.4 Å². The van der Waals surface area contributed by atoms with Gasteiger partial charge in [-0.3, -0.25) is 4.79 Å². The molecular formula is C15H19NO3. The van der Waals surface area contributed by atoms with E-state index in [9.17, 15) is 14.7 Å². The van der Waals surface area contributed by atoms with Crippen molar-refractivity contribution < 1.29 is 14.7 Å². The van der Waals surface area contributed by atoms with Crippen LogP contribution in [0.15, 0.2) is 24.3 Å². The maximum absolute atomic E-state index is 11.9. The van der Waals surface area contributed by atoms with E-state index in [0.29, 0.717) is 19.4 Å². The highest BCUT2D eigenvalue weighted by Gasteiger charge is 2.50. The van der Waals surface area contributed by atoms with E-state index in [1.54, 1.807) is 0 Å². The van der Waals surface area contributed by atoms with Crippen LogP contribution in [0.5, 0.6) is 0 Å². The summed E-state index contributed by atoms with van der Waals surface area (Å²) in [5, 5.41) is 9.76. The summed E-state index contributed by atoms with van der Waals surface area (Å²) in [6.45, 7) is 3.86. The second kappa shape index (κ2) is 5.03. The highest BCUT2D eigenvalue weighted by Crippen LogP contribution is 2.42. The van der Waals surface area contributed by atoms with Crippen LogP contribution in [0.4, 0.5) is 0 Å². The number of carboxylic acids is 1. The Morgan fingerprint density at radius 3 is 2.63 bits per heavy atom. The van der Waals surface area contributed by atoms with Crippen molar-refractivity contribution in [2.24, 2.45) is 0 Å². The molecule has 0 aromatic heterocycles.